The van der Waals surface area contributed by atoms with Crippen LogP contribution in [0, 0.1) is 0 Å². The SMILES string of the molecule is CCOc1cc(=O)n(-c2ccc(S(=O)(=O)O)cc2)[nH]1.[Na+]. The molecule has 1 aromatic heterocycles. The van der Waals surface area contributed by atoms with Gasteiger partial charge in [0.2, 0.25) is 5.88 Å². The van der Waals surface area contributed by atoms with Crippen LogP contribution in [0.15, 0.2) is 40.0 Å². The summed E-state index contributed by atoms with van der Waals surface area (Å²) in [6, 6.07) is 6.50. The van der Waals surface area contributed by atoms with Crippen molar-refractivity contribution < 1.29 is 47.3 Å². The molecule has 0 saturated carbocycles. The summed E-state index contributed by atoms with van der Waals surface area (Å²) in [6.45, 7) is 2.21. The predicted molar refractivity (Wildman–Crippen MR) is 67.4 cm³/mol. The quantitative estimate of drug-likeness (QED) is 0.494. The first-order valence-electron chi connectivity index (χ1n) is 5.44. The molecule has 0 unspecified atom stereocenters. The maximum absolute atomic E-state index is 11.7. The third kappa shape index (κ3) is 3.74. The molecular weight excluding hydrogens is 295 g/mol. The molecule has 0 saturated heterocycles. The van der Waals surface area contributed by atoms with Gasteiger partial charge in [0.1, 0.15) is 0 Å². The molecule has 20 heavy (non-hydrogen) atoms. The Hall–Kier alpha value is -1.06. The molecule has 0 bridgehead atoms. The van der Waals surface area contributed by atoms with Gasteiger partial charge in [-0.1, -0.05) is 0 Å². The Morgan fingerprint density at radius 1 is 1.30 bits per heavy atom. The first kappa shape index (κ1) is 17.0. The van der Waals surface area contributed by atoms with Crippen molar-refractivity contribution in [2.45, 2.75) is 11.8 Å². The summed E-state index contributed by atoms with van der Waals surface area (Å²) >= 11 is 0. The van der Waals surface area contributed by atoms with Gasteiger partial charge < -0.3 is 4.74 Å². The summed E-state index contributed by atoms with van der Waals surface area (Å²) in [7, 11) is -4.24. The molecule has 2 rings (SSSR count). The summed E-state index contributed by atoms with van der Waals surface area (Å²) in [5.74, 6) is 0.325. The Bertz CT molecular complexity index is 733. The summed E-state index contributed by atoms with van der Waals surface area (Å²) in [4.78, 5) is 11.4. The first-order chi connectivity index (χ1) is 8.91. The zero-order valence-electron chi connectivity index (χ0n) is 11.0. The molecule has 102 valence electrons. The Kier molecular flexibility index (Phi) is 5.60. The molecule has 2 aromatic rings. The summed E-state index contributed by atoms with van der Waals surface area (Å²) in [5.41, 5.74) is 0.103. The maximum Gasteiger partial charge on any atom is 1.00 e. The average Bonchev–Trinajstić information content (AvgIpc) is 2.70. The molecule has 7 nitrogen and oxygen atoms in total. The summed E-state index contributed by atoms with van der Waals surface area (Å²) in [5, 5.41) is 2.73. The number of ether oxygens (including phenoxy) is 1. The molecule has 0 aliphatic rings. The number of aromatic nitrogens is 2. The largest absolute Gasteiger partial charge is 1.00 e. The standard InChI is InChI=1S/C11H12N2O5S.Na/c1-2-18-10-7-11(14)13(12-10)8-3-5-9(6-4-8)19(15,16)17;/h3-7,12H,2H2,1H3,(H,15,16,17);/q;+1. The minimum Gasteiger partial charge on any atom is -0.478 e. The molecule has 0 aliphatic carbocycles. The van der Waals surface area contributed by atoms with E-state index in [1.807, 2.05) is 0 Å². The van der Waals surface area contributed by atoms with Crippen molar-refractivity contribution in [2.24, 2.45) is 0 Å². The van der Waals surface area contributed by atoms with Crippen molar-refractivity contribution >= 4 is 10.1 Å². The van der Waals surface area contributed by atoms with E-state index in [0.29, 0.717) is 18.2 Å². The van der Waals surface area contributed by atoms with E-state index in [4.69, 9.17) is 9.29 Å². The Morgan fingerprint density at radius 3 is 2.40 bits per heavy atom. The van der Waals surface area contributed by atoms with Crippen LogP contribution >= 0.6 is 0 Å². The third-order valence-electron chi connectivity index (χ3n) is 2.39. The van der Waals surface area contributed by atoms with Crippen molar-refractivity contribution in [3.8, 4) is 11.6 Å². The molecule has 9 heteroatoms. The van der Waals surface area contributed by atoms with Crippen molar-refractivity contribution in [3.05, 3.63) is 40.7 Å². The Labute approximate surface area is 137 Å². The molecule has 0 fully saturated rings. The second-order valence-corrected chi connectivity index (χ2v) is 5.12. The van der Waals surface area contributed by atoms with Gasteiger partial charge in [-0.15, -0.1) is 0 Å². The van der Waals surface area contributed by atoms with E-state index < -0.39 is 10.1 Å². The van der Waals surface area contributed by atoms with E-state index in [0.717, 1.165) is 0 Å². The van der Waals surface area contributed by atoms with Gasteiger partial charge in [0.05, 0.1) is 23.3 Å². The second-order valence-electron chi connectivity index (χ2n) is 3.70. The van der Waals surface area contributed by atoms with Gasteiger partial charge >= 0.3 is 29.6 Å². The van der Waals surface area contributed by atoms with Gasteiger partial charge in [0.15, 0.2) is 0 Å². The van der Waals surface area contributed by atoms with Gasteiger partial charge in [-0.2, -0.15) is 8.42 Å². The minimum absolute atomic E-state index is 0. The topological polar surface area (TPSA) is 101 Å². The fraction of sp³-hybridized carbons (Fsp3) is 0.182. The number of benzene rings is 1. The molecule has 0 spiro atoms. The van der Waals surface area contributed by atoms with Crippen LogP contribution in [0.3, 0.4) is 0 Å². The second kappa shape index (κ2) is 6.59. The van der Waals surface area contributed by atoms with Crippen LogP contribution in [-0.4, -0.2) is 29.4 Å². The van der Waals surface area contributed by atoms with Gasteiger partial charge in [0.25, 0.3) is 15.7 Å². The van der Waals surface area contributed by atoms with Crippen LogP contribution in [0.5, 0.6) is 5.88 Å². The van der Waals surface area contributed by atoms with Gasteiger partial charge in [0, 0.05) is 0 Å². The number of H-pyrrole nitrogens is 1. The normalized spacial score (nSPS) is 10.9. The number of rotatable bonds is 4. The zero-order valence-corrected chi connectivity index (χ0v) is 13.8. The zero-order chi connectivity index (χ0) is 14.0. The molecule has 0 atom stereocenters. The van der Waals surface area contributed by atoms with E-state index >= 15 is 0 Å². The molecular formula is C11H12N2NaO5S+. The smallest absolute Gasteiger partial charge is 0.478 e. The monoisotopic (exact) mass is 307 g/mol. The van der Waals surface area contributed by atoms with E-state index in [1.165, 1.54) is 35.0 Å². The molecule has 1 heterocycles. The number of aromatic amines is 1. The van der Waals surface area contributed by atoms with Crippen LogP contribution in [0.25, 0.3) is 5.69 Å². The van der Waals surface area contributed by atoms with Gasteiger partial charge in [-0.05, 0) is 31.2 Å². The molecule has 2 N–H and O–H groups in total. The van der Waals surface area contributed by atoms with Crippen LogP contribution in [0.2, 0.25) is 0 Å². The van der Waals surface area contributed by atoms with Crippen LogP contribution in [0.4, 0.5) is 0 Å². The van der Waals surface area contributed by atoms with Crippen molar-refractivity contribution in [2.75, 3.05) is 6.61 Å². The van der Waals surface area contributed by atoms with Crippen LogP contribution in [0.1, 0.15) is 6.92 Å². The van der Waals surface area contributed by atoms with E-state index in [9.17, 15) is 13.2 Å². The summed E-state index contributed by atoms with van der Waals surface area (Å²) in [6.07, 6.45) is 0. The van der Waals surface area contributed by atoms with Gasteiger partial charge in [-0.3, -0.25) is 14.4 Å². The number of hydrogen-bond donors (Lipinski definition) is 2. The Morgan fingerprint density at radius 2 is 1.90 bits per heavy atom. The fourth-order valence-corrected chi connectivity index (χ4v) is 2.04. The van der Waals surface area contributed by atoms with Gasteiger partial charge in [-0.25, -0.2) is 4.68 Å². The van der Waals surface area contributed by atoms with E-state index in [-0.39, 0.29) is 40.0 Å². The molecule has 0 aliphatic heterocycles. The third-order valence-corrected chi connectivity index (χ3v) is 3.26. The minimum atomic E-state index is -4.24. The van der Waals surface area contributed by atoms with E-state index in [2.05, 4.69) is 5.10 Å². The predicted octanol–water partition coefficient (Wildman–Crippen LogP) is -2.18. The molecule has 0 radical (unpaired) electrons. The van der Waals surface area contributed by atoms with Crippen molar-refractivity contribution in [1.29, 1.82) is 0 Å². The Balaban J connectivity index is 0.00000200. The van der Waals surface area contributed by atoms with Crippen molar-refractivity contribution in [1.82, 2.24) is 9.78 Å². The summed E-state index contributed by atoms with van der Waals surface area (Å²) < 4.78 is 37.0. The van der Waals surface area contributed by atoms with Crippen LogP contribution < -0.4 is 39.9 Å². The average molecular weight is 307 g/mol. The van der Waals surface area contributed by atoms with Crippen LogP contribution in [-0.2, 0) is 10.1 Å². The number of nitrogens with zero attached hydrogens (tertiary/aromatic N) is 1. The fourth-order valence-electron chi connectivity index (χ4n) is 1.56. The van der Waals surface area contributed by atoms with Crippen molar-refractivity contribution in [3.63, 3.8) is 0 Å². The van der Waals surface area contributed by atoms with E-state index in [1.54, 1.807) is 6.92 Å². The molecule has 1 aromatic carbocycles. The maximum atomic E-state index is 11.7. The number of hydrogen-bond acceptors (Lipinski definition) is 4. The first-order valence-corrected chi connectivity index (χ1v) is 6.88. The molecule has 0 amide bonds. The number of nitrogens with one attached hydrogen (secondary N) is 1.